The minimum absolute atomic E-state index is 0.0504. The van der Waals surface area contributed by atoms with Gasteiger partial charge < -0.3 is 5.32 Å². The Kier molecular flexibility index (Phi) is 5.80. The zero-order valence-electron chi connectivity index (χ0n) is 14.5. The lowest BCUT2D eigenvalue weighted by Gasteiger charge is -2.02. The van der Waals surface area contributed by atoms with E-state index in [0.717, 1.165) is 21.9 Å². The number of thiophene rings is 1. The largest absolute Gasteiger partial charge is 0.351 e. The van der Waals surface area contributed by atoms with Gasteiger partial charge >= 0.3 is 0 Å². The third kappa shape index (κ3) is 4.56. The summed E-state index contributed by atoms with van der Waals surface area (Å²) in [5.41, 5.74) is 2.64. The molecule has 0 fully saturated rings. The van der Waals surface area contributed by atoms with Crippen molar-refractivity contribution in [3.8, 4) is 10.6 Å². The van der Waals surface area contributed by atoms with Gasteiger partial charge in [0.1, 0.15) is 0 Å². The number of anilines is 1. The summed E-state index contributed by atoms with van der Waals surface area (Å²) in [6.45, 7) is 4.10. The van der Waals surface area contributed by atoms with E-state index >= 15 is 0 Å². The van der Waals surface area contributed by atoms with E-state index in [4.69, 9.17) is 0 Å². The molecule has 0 unspecified atom stereocenters. The first kappa shape index (κ1) is 18.3. The number of amides is 2. The third-order valence-corrected chi connectivity index (χ3v) is 5.64. The first-order chi connectivity index (χ1) is 12.5. The van der Waals surface area contributed by atoms with Crippen LogP contribution in [0.1, 0.15) is 34.6 Å². The quantitative estimate of drug-likeness (QED) is 0.664. The number of hydrogen-bond acceptors (Lipinski definition) is 5. The highest BCUT2D eigenvalue weighted by molar-refractivity contribution is 7.17. The van der Waals surface area contributed by atoms with Crippen LogP contribution in [-0.4, -0.2) is 16.8 Å². The molecular formula is C19H19N3O2S2. The zero-order valence-corrected chi connectivity index (χ0v) is 16.2. The fraction of sp³-hybridized carbons (Fsp3) is 0.211. The summed E-state index contributed by atoms with van der Waals surface area (Å²) in [7, 11) is 0. The average Bonchev–Trinajstić information content (AvgIpc) is 3.29. The van der Waals surface area contributed by atoms with Crippen molar-refractivity contribution in [1.29, 1.82) is 0 Å². The molecule has 5 nitrogen and oxygen atoms in total. The second-order valence-electron chi connectivity index (χ2n) is 5.72. The van der Waals surface area contributed by atoms with Gasteiger partial charge in [0.05, 0.1) is 17.1 Å². The minimum atomic E-state index is -0.161. The Balaban J connectivity index is 1.65. The summed E-state index contributed by atoms with van der Waals surface area (Å²) in [6.07, 6.45) is 0.947. The van der Waals surface area contributed by atoms with Crippen LogP contribution in [-0.2, 0) is 17.8 Å². The van der Waals surface area contributed by atoms with Gasteiger partial charge in [0, 0.05) is 22.7 Å². The molecule has 26 heavy (non-hydrogen) atoms. The van der Waals surface area contributed by atoms with E-state index in [9.17, 15) is 9.59 Å². The normalized spacial score (nSPS) is 10.5. The van der Waals surface area contributed by atoms with E-state index in [2.05, 4.69) is 22.5 Å². The van der Waals surface area contributed by atoms with Gasteiger partial charge in [0.15, 0.2) is 5.13 Å². The van der Waals surface area contributed by atoms with E-state index in [-0.39, 0.29) is 11.8 Å². The second-order valence-corrected chi connectivity index (χ2v) is 7.74. The van der Waals surface area contributed by atoms with Crippen molar-refractivity contribution in [2.24, 2.45) is 0 Å². The number of hydrogen-bond donors (Lipinski definition) is 2. The highest BCUT2D eigenvalue weighted by Crippen LogP contribution is 2.31. The molecule has 2 aromatic heterocycles. The van der Waals surface area contributed by atoms with Crippen molar-refractivity contribution < 1.29 is 9.59 Å². The summed E-state index contributed by atoms with van der Waals surface area (Å²) in [6, 6.07) is 11.5. The summed E-state index contributed by atoms with van der Waals surface area (Å²) < 4.78 is 0. The fourth-order valence-electron chi connectivity index (χ4n) is 2.33. The molecule has 0 radical (unpaired) electrons. The predicted molar refractivity (Wildman–Crippen MR) is 107 cm³/mol. The predicted octanol–water partition coefficient (Wildman–Crippen LogP) is 4.32. The highest BCUT2D eigenvalue weighted by Gasteiger charge is 2.11. The molecule has 3 aromatic rings. The number of carbonyl (C=O) groups is 2. The van der Waals surface area contributed by atoms with Crippen molar-refractivity contribution in [2.45, 2.75) is 26.8 Å². The van der Waals surface area contributed by atoms with Crippen LogP contribution in [0.5, 0.6) is 0 Å². The third-order valence-electron chi connectivity index (χ3n) is 3.77. The van der Waals surface area contributed by atoms with Crippen molar-refractivity contribution in [3.63, 3.8) is 0 Å². The number of nitrogens with one attached hydrogen (secondary N) is 2. The van der Waals surface area contributed by atoms with E-state index in [1.54, 1.807) is 11.3 Å². The monoisotopic (exact) mass is 385 g/mol. The van der Waals surface area contributed by atoms with Gasteiger partial charge in [-0.25, -0.2) is 4.98 Å². The molecule has 0 bridgehead atoms. The number of rotatable bonds is 6. The van der Waals surface area contributed by atoms with Crippen molar-refractivity contribution in [1.82, 2.24) is 10.3 Å². The van der Waals surface area contributed by atoms with Gasteiger partial charge in [0.25, 0.3) is 5.91 Å². The number of carbonyl (C=O) groups excluding carboxylic acids is 2. The highest BCUT2D eigenvalue weighted by atomic mass is 32.1. The molecule has 0 aliphatic carbocycles. The summed E-state index contributed by atoms with van der Waals surface area (Å²) in [4.78, 5) is 29.9. The second kappa shape index (κ2) is 8.25. The SMILES string of the molecule is CCc1ccc(C(=O)Nc2nc(-c3ccc(CNC(C)=O)s3)cs2)cc1. The Morgan fingerprint density at radius 2 is 1.88 bits per heavy atom. The first-order valence-corrected chi connectivity index (χ1v) is 9.94. The van der Waals surface area contributed by atoms with Crippen molar-refractivity contribution >= 4 is 39.6 Å². The van der Waals surface area contributed by atoms with E-state index in [1.807, 2.05) is 41.8 Å². The maximum absolute atomic E-state index is 12.3. The molecular weight excluding hydrogens is 366 g/mol. The maximum atomic E-state index is 12.3. The smallest absolute Gasteiger partial charge is 0.257 e. The molecule has 3 rings (SSSR count). The van der Waals surface area contributed by atoms with E-state index in [0.29, 0.717) is 17.2 Å². The van der Waals surface area contributed by atoms with Crippen molar-refractivity contribution in [2.75, 3.05) is 5.32 Å². The Hall–Kier alpha value is -2.51. The van der Waals surface area contributed by atoms with Gasteiger partial charge in [-0.3, -0.25) is 14.9 Å². The standard InChI is InChI=1S/C19H19N3O2S2/c1-3-13-4-6-14(7-5-13)18(24)22-19-21-16(11-25-19)17-9-8-15(26-17)10-20-12(2)23/h4-9,11H,3,10H2,1-2H3,(H,20,23)(H,21,22,24). The Morgan fingerprint density at radius 1 is 1.12 bits per heavy atom. The molecule has 0 saturated carbocycles. The summed E-state index contributed by atoms with van der Waals surface area (Å²) in [5.74, 6) is -0.211. The molecule has 2 amide bonds. The lowest BCUT2D eigenvalue weighted by molar-refractivity contribution is -0.119. The molecule has 2 heterocycles. The van der Waals surface area contributed by atoms with E-state index < -0.39 is 0 Å². The minimum Gasteiger partial charge on any atom is -0.351 e. The molecule has 0 atom stereocenters. The Bertz CT molecular complexity index is 913. The van der Waals surface area contributed by atoms with Crippen LogP contribution in [0.2, 0.25) is 0 Å². The number of aryl methyl sites for hydroxylation is 1. The van der Waals surface area contributed by atoms with Crippen LogP contribution in [0.15, 0.2) is 41.8 Å². The van der Waals surface area contributed by atoms with Crippen LogP contribution < -0.4 is 10.6 Å². The molecule has 1 aromatic carbocycles. The molecule has 2 N–H and O–H groups in total. The molecule has 0 aliphatic heterocycles. The van der Waals surface area contributed by atoms with E-state index in [1.165, 1.54) is 23.8 Å². The lowest BCUT2D eigenvalue weighted by Crippen LogP contribution is -2.17. The van der Waals surface area contributed by atoms with Gasteiger partial charge in [-0.1, -0.05) is 19.1 Å². The van der Waals surface area contributed by atoms with Gasteiger partial charge in [-0.05, 0) is 36.2 Å². The molecule has 0 spiro atoms. The molecule has 134 valence electrons. The number of aromatic nitrogens is 1. The molecule has 0 saturated heterocycles. The lowest BCUT2D eigenvalue weighted by atomic mass is 10.1. The van der Waals surface area contributed by atoms with Crippen LogP contribution in [0, 0.1) is 0 Å². The molecule has 0 aliphatic rings. The number of benzene rings is 1. The Morgan fingerprint density at radius 3 is 2.58 bits per heavy atom. The number of nitrogens with zero attached hydrogens (tertiary/aromatic N) is 1. The average molecular weight is 386 g/mol. The maximum Gasteiger partial charge on any atom is 0.257 e. The van der Waals surface area contributed by atoms with Gasteiger partial charge in [-0.2, -0.15) is 0 Å². The van der Waals surface area contributed by atoms with Crippen LogP contribution in [0.4, 0.5) is 5.13 Å². The number of thiazole rings is 1. The van der Waals surface area contributed by atoms with Crippen molar-refractivity contribution in [3.05, 3.63) is 57.8 Å². The fourth-order valence-corrected chi connectivity index (χ4v) is 4.02. The zero-order chi connectivity index (χ0) is 18.5. The molecule has 7 heteroatoms. The topological polar surface area (TPSA) is 71.1 Å². The summed E-state index contributed by atoms with van der Waals surface area (Å²) in [5, 5.41) is 8.12. The van der Waals surface area contributed by atoms with Gasteiger partial charge in [-0.15, -0.1) is 22.7 Å². The van der Waals surface area contributed by atoms with Crippen LogP contribution >= 0.6 is 22.7 Å². The van der Waals surface area contributed by atoms with Crippen LogP contribution in [0.25, 0.3) is 10.6 Å². The first-order valence-electron chi connectivity index (χ1n) is 8.24. The van der Waals surface area contributed by atoms with Gasteiger partial charge in [0.2, 0.25) is 5.91 Å². The Labute approximate surface area is 160 Å². The van der Waals surface area contributed by atoms with Crippen LogP contribution in [0.3, 0.4) is 0 Å². The summed E-state index contributed by atoms with van der Waals surface area (Å²) >= 11 is 2.97.